The summed E-state index contributed by atoms with van der Waals surface area (Å²) in [7, 11) is 1.56. The zero-order valence-corrected chi connectivity index (χ0v) is 13.7. The number of methoxy groups -OCH3 is 1. The van der Waals surface area contributed by atoms with Crippen LogP contribution in [0.15, 0.2) is 42.5 Å². The molecule has 0 aromatic heterocycles. The van der Waals surface area contributed by atoms with Crippen LogP contribution in [0.2, 0.25) is 0 Å². The van der Waals surface area contributed by atoms with Crippen molar-refractivity contribution in [3.63, 3.8) is 0 Å². The fourth-order valence-electron chi connectivity index (χ4n) is 2.32. The van der Waals surface area contributed by atoms with Gasteiger partial charge in [0.1, 0.15) is 5.75 Å². The highest BCUT2D eigenvalue weighted by Gasteiger charge is 2.13. The number of carbonyl (C=O) groups excluding carboxylic acids is 2. The Morgan fingerprint density at radius 1 is 1.04 bits per heavy atom. The molecule has 0 unspecified atom stereocenters. The van der Waals surface area contributed by atoms with E-state index in [4.69, 9.17) is 14.2 Å². The van der Waals surface area contributed by atoms with Crippen LogP contribution in [0.5, 0.6) is 17.2 Å². The van der Waals surface area contributed by atoms with Gasteiger partial charge in [-0.3, -0.25) is 9.59 Å². The predicted octanol–water partition coefficient (Wildman–Crippen LogP) is 1.47. The molecular weight excluding hydrogens is 324 g/mol. The third kappa shape index (κ3) is 4.20. The van der Waals surface area contributed by atoms with E-state index in [-0.39, 0.29) is 25.2 Å². The maximum Gasteiger partial charge on any atom is 0.251 e. The van der Waals surface area contributed by atoms with E-state index in [0.29, 0.717) is 29.4 Å². The largest absolute Gasteiger partial charge is 0.497 e. The van der Waals surface area contributed by atoms with Crippen molar-refractivity contribution in [2.45, 2.75) is 6.54 Å². The zero-order valence-electron chi connectivity index (χ0n) is 13.7. The van der Waals surface area contributed by atoms with Gasteiger partial charge in [0.2, 0.25) is 12.7 Å². The molecule has 1 aliphatic heterocycles. The first-order chi connectivity index (χ1) is 12.2. The maximum absolute atomic E-state index is 12.0. The Hall–Kier alpha value is -3.22. The summed E-state index contributed by atoms with van der Waals surface area (Å²) in [4.78, 5) is 23.9. The van der Waals surface area contributed by atoms with Crippen LogP contribution >= 0.6 is 0 Å². The number of amides is 2. The summed E-state index contributed by atoms with van der Waals surface area (Å²) in [5.74, 6) is 1.43. The van der Waals surface area contributed by atoms with E-state index < -0.39 is 0 Å². The minimum Gasteiger partial charge on any atom is -0.497 e. The van der Waals surface area contributed by atoms with Gasteiger partial charge >= 0.3 is 0 Å². The van der Waals surface area contributed by atoms with E-state index in [2.05, 4.69) is 10.6 Å². The van der Waals surface area contributed by atoms with E-state index in [9.17, 15) is 9.59 Å². The van der Waals surface area contributed by atoms with Crippen molar-refractivity contribution >= 4 is 11.8 Å². The van der Waals surface area contributed by atoms with Gasteiger partial charge in [-0.25, -0.2) is 0 Å². The summed E-state index contributed by atoms with van der Waals surface area (Å²) in [6.45, 7) is 0.450. The molecule has 130 valence electrons. The van der Waals surface area contributed by atoms with Crippen LogP contribution in [0.3, 0.4) is 0 Å². The number of fused-ring (bicyclic) bond motifs is 1. The Morgan fingerprint density at radius 3 is 2.56 bits per heavy atom. The van der Waals surface area contributed by atoms with Gasteiger partial charge in [-0.2, -0.15) is 0 Å². The molecule has 2 N–H and O–H groups in total. The first-order valence-electron chi connectivity index (χ1n) is 7.73. The molecule has 0 bridgehead atoms. The lowest BCUT2D eigenvalue weighted by Gasteiger charge is -2.08. The monoisotopic (exact) mass is 342 g/mol. The Bertz CT molecular complexity index is 774. The normalized spacial score (nSPS) is 11.7. The lowest BCUT2D eigenvalue weighted by molar-refractivity contribution is -0.120. The first kappa shape index (κ1) is 16.6. The number of hydrogen-bond acceptors (Lipinski definition) is 5. The molecule has 0 atom stereocenters. The number of nitrogens with one attached hydrogen (secondary N) is 2. The molecule has 0 radical (unpaired) electrons. The quantitative estimate of drug-likeness (QED) is 0.830. The second-order valence-corrected chi connectivity index (χ2v) is 5.38. The molecule has 0 saturated heterocycles. The number of carbonyl (C=O) groups is 2. The molecule has 7 nitrogen and oxygen atoms in total. The van der Waals surface area contributed by atoms with Gasteiger partial charge in [0.25, 0.3) is 5.91 Å². The average Bonchev–Trinajstić information content (AvgIpc) is 3.12. The second-order valence-electron chi connectivity index (χ2n) is 5.38. The lowest BCUT2D eigenvalue weighted by Crippen LogP contribution is -2.36. The number of rotatable bonds is 6. The molecule has 0 fully saturated rings. The van der Waals surface area contributed by atoms with E-state index in [0.717, 1.165) is 5.56 Å². The van der Waals surface area contributed by atoms with Crippen LogP contribution in [-0.4, -0.2) is 32.3 Å². The fraction of sp³-hybridized carbons (Fsp3) is 0.222. The molecular formula is C18H18N2O5. The zero-order chi connectivity index (χ0) is 17.6. The van der Waals surface area contributed by atoms with Gasteiger partial charge in [0.05, 0.1) is 13.7 Å². The third-order valence-electron chi connectivity index (χ3n) is 3.69. The summed E-state index contributed by atoms with van der Waals surface area (Å²) in [6.07, 6.45) is 0. The Kier molecular flexibility index (Phi) is 5.03. The van der Waals surface area contributed by atoms with Gasteiger partial charge in [-0.15, -0.1) is 0 Å². The average molecular weight is 342 g/mol. The topological polar surface area (TPSA) is 85.9 Å². The molecule has 3 rings (SSSR count). The molecule has 1 aliphatic rings. The molecule has 2 amide bonds. The van der Waals surface area contributed by atoms with Crippen molar-refractivity contribution in [2.75, 3.05) is 20.4 Å². The van der Waals surface area contributed by atoms with Gasteiger partial charge in [0.15, 0.2) is 11.5 Å². The standard InChI is InChI=1S/C18H18N2O5/c1-23-14-5-3-13(4-6-14)18(22)20-10-17(21)19-9-12-2-7-15-16(8-12)25-11-24-15/h2-8H,9-11H2,1H3,(H,19,21)(H,20,22). The van der Waals surface area contributed by atoms with Gasteiger partial charge < -0.3 is 24.8 Å². The van der Waals surface area contributed by atoms with Crippen molar-refractivity contribution in [3.8, 4) is 17.2 Å². The van der Waals surface area contributed by atoms with Crippen LogP contribution in [0.1, 0.15) is 15.9 Å². The highest BCUT2D eigenvalue weighted by Crippen LogP contribution is 2.32. The molecule has 2 aromatic carbocycles. The molecule has 0 aliphatic carbocycles. The van der Waals surface area contributed by atoms with Crippen LogP contribution < -0.4 is 24.8 Å². The minimum absolute atomic E-state index is 0.102. The number of hydrogen-bond donors (Lipinski definition) is 2. The van der Waals surface area contributed by atoms with Crippen molar-refractivity contribution in [1.29, 1.82) is 0 Å². The Balaban J connectivity index is 1.45. The van der Waals surface area contributed by atoms with Crippen LogP contribution in [0.25, 0.3) is 0 Å². The van der Waals surface area contributed by atoms with Gasteiger partial charge in [-0.1, -0.05) is 6.07 Å². The van der Waals surface area contributed by atoms with Crippen molar-refractivity contribution in [2.24, 2.45) is 0 Å². The molecule has 2 aromatic rings. The molecule has 1 heterocycles. The lowest BCUT2D eigenvalue weighted by atomic mass is 10.2. The molecule has 25 heavy (non-hydrogen) atoms. The fourth-order valence-corrected chi connectivity index (χ4v) is 2.32. The number of benzene rings is 2. The second kappa shape index (κ2) is 7.57. The van der Waals surface area contributed by atoms with Crippen molar-refractivity contribution < 1.29 is 23.8 Å². The van der Waals surface area contributed by atoms with Crippen LogP contribution in [-0.2, 0) is 11.3 Å². The third-order valence-corrected chi connectivity index (χ3v) is 3.69. The summed E-state index contributed by atoms with van der Waals surface area (Å²) in [6, 6.07) is 12.1. The minimum atomic E-state index is -0.319. The SMILES string of the molecule is COc1ccc(C(=O)NCC(=O)NCc2ccc3c(c2)OCO3)cc1. The smallest absolute Gasteiger partial charge is 0.251 e. The Morgan fingerprint density at radius 2 is 1.80 bits per heavy atom. The van der Waals surface area contributed by atoms with Crippen LogP contribution in [0, 0.1) is 0 Å². The highest BCUT2D eigenvalue weighted by molar-refractivity contribution is 5.96. The van der Waals surface area contributed by atoms with Crippen molar-refractivity contribution in [3.05, 3.63) is 53.6 Å². The first-order valence-corrected chi connectivity index (χ1v) is 7.73. The van der Waals surface area contributed by atoms with Crippen molar-refractivity contribution in [1.82, 2.24) is 10.6 Å². The number of ether oxygens (including phenoxy) is 3. The molecule has 0 spiro atoms. The maximum atomic E-state index is 12.0. The van der Waals surface area contributed by atoms with E-state index in [1.807, 2.05) is 12.1 Å². The van der Waals surface area contributed by atoms with Crippen LogP contribution in [0.4, 0.5) is 0 Å². The van der Waals surface area contributed by atoms with Gasteiger partial charge in [0, 0.05) is 12.1 Å². The molecule has 0 saturated carbocycles. The summed E-state index contributed by atoms with van der Waals surface area (Å²) < 4.78 is 15.6. The van der Waals surface area contributed by atoms with E-state index in [1.54, 1.807) is 37.4 Å². The van der Waals surface area contributed by atoms with E-state index in [1.165, 1.54) is 0 Å². The van der Waals surface area contributed by atoms with E-state index >= 15 is 0 Å². The van der Waals surface area contributed by atoms with Gasteiger partial charge in [-0.05, 0) is 42.0 Å². The Labute approximate surface area is 144 Å². The summed E-state index contributed by atoms with van der Waals surface area (Å²) >= 11 is 0. The predicted molar refractivity (Wildman–Crippen MR) is 89.7 cm³/mol. The highest BCUT2D eigenvalue weighted by atomic mass is 16.7. The molecule has 7 heteroatoms. The summed E-state index contributed by atoms with van der Waals surface area (Å²) in [5, 5.41) is 5.32. The summed E-state index contributed by atoms with van der Waals surface area (Å²) in [5.41, 5.74) is 1.35.